The molecule has 2 aromatic carbocycles. The van der Waals surface area contributed by atoms with E-state index in [1.807, 2.05) is 51.1 Å². The lowest BCUT2D eigenvalue weighted by Crippen LogP contribution is -2.45. The molecule has 136 valence electrons. The van der Waals surface area contributed by atoms with E-state index in [0.29, 0.717) is 12.8 Å². The summed E-state index contributed by atoms with van der Waals surface area (Å²) in [5.74, 6) is -0.0403. The summed E-state index contributed by atoms with van der Waals surface area (Å²) in [5.41, 5.74) is 2.12. The molecule has 5 heteroatoms. The maximum absolute atomic E-state index is 12.7. The zero-order valence-corrected chi connectivity index (χ0v) is 15.8. The Morgan fingerprint density at radius 3 is 2.16 bits per heavy atom. The zero-order chi connectivity index (χ0) is 18.4. The minimum absolute atomic E-state index is 0.0403. The molecular weight excluding hydrogens is 334 g/mol. The Kier molecular flexibility index (Phi) is 6.76. The van der Waals surface area contributed by atoms with Crippen LogP contribution in [0.3, 0.4) is 0 Å². The number of hydrogen-bond donors (Lipinski definition) is 2. The molecule has 0 aliphatic rings. The summed E-state index contributed by atoms with van der Waals surface area (Å²) in [6.07, 6.45) is 0.490. The summed E-state index contributed by atoms with van der Waals surface area (Å²) in [5, 5.41) is 10.5. The predicted molar refractivity (Wildman–Crippen MR) is 101 cm³/mol. The van der Waals surface area contributed by atoms with E-state index in [0.717, 1.165) is 11.1 Å². The van der Waals surface area contributed by atoms with Gasteiger partial charge in [0.05, 0.1) is 11.0 Å². The second-order valence-corrected chi connectivity index (χ2v) is 8.51. The van der Waals surface area contributed by atoms with Crippen molar-refractivity contribution in [3.63, 3.8) is 0 Å². The second-order valence-electron chi connectivity index (χ2n) is 6.80. The van der Waals surface area contributed by atoms with Crippen LogP contribution in [0.15, 0.2) is 59.5 Å². The highest BCUT2D eigenvalue weighted by Crippen LogP contribution is 2.17. The highest BCUT2D eigenvalue weighted by molar-refractivity contribution is 7.89. The predicted octanol–water partition coefficient (Wildman–Crippen LogP) is 3.29. The van der Waals surface area contributed by atoms with Crippen molar-refractivity contribution in [2.45, 2.75) is 50.7 Å². The minimum Gasteiger partial charge on any atom is -0.391 e. The number of nitrogens with one attached hydrogen (secondary N) is 1. The van der Waals surface area contributed by atoms with Crippen LogP contribution in [0.2, 0.25) is 0 Å². The van der Waals surface area contributed by atoms with E-state index >= 15 is 0 Å². The molecular formula is C20H27NO3S. The molecule has 2 unspecified atom stereocenters. The van der Waals surface area contributed by atoms with Gasteiger partial charge >= 0.3 is 0 Å². The number of sulfonamides is 1. The minimum atomic E-state index is -3.67. The van der Waals surface area contributed by atoms with Crippen molar-refractivity contribution in [1.82, 2.24) is 4.72 Å². The lowest BCUT2D eigenvalue weighted by Gasteiger charge is -2.26. The van der Waals surface area contributed by atoms with E-state index in [2.05, 4.69) is 4.72 Å². The van der Waals surface area contributed by atoms with Crippen LogP contribution in [-0.4, -0.2) is 25.7 Å². The quantitative estimate of drug-likeness (QED) is 0.758. The van der Waals surface area contributed by atoms with Crippen LogP contribution < -0.4 is 4.72 Å². The van der Waals surface area contributed by atoms with Crippen LogP contribution in [0.5, 0.6) is 0 Å². The molecule has 0 aromatic heterocycles. The molecule has 2 N–H and O–H groups in total. The van der Waals surface area contributed by atoms with E-state index in [9.17, 15) is 13.5 Å². The molecule has 4 nitrogen and oxygen atoms in total. The van der Waals surface area contributed by atoms with Gasteiger partial charge in [0.2, 0.25) is 10.0 Å². The zero-order valence-electron chi connectivity index (χ0n) is 15.0. The van der Waals surface area contributed by atoms with Crippen LogP contribution in [0, 0.1) is 12.8 Å². The Labute approximate surface area is 151 Å². The van der Waals surface area contributed by atoms with Gasteiger partial charge in [-0.2, -0.15) is 0 Å². The monoisotopic (exact) mass is 361 g/mol. The van der Waals surface area contributed by atoms with Crippen molar-refractivity contribution < 1.29 is 13.5 Å². The van der Waals surface area contributed by atoms with Gasteiger partial charge in [-0.15, -0.1) is 0 Å². The van der Waals surface area contributed by atoms with E-state index in [1.165, 1.54) is 0 Å². The molecule has 0 bridgehead atoms. The average Bonchev–Trinajstić information content (AvgIpc) is 2.59. The molecule has 0 aliphatic carbocycles. The summed E-state index contributed by atoms with van der Waals surface area (Å²) in [6.45, 7) is 5.69. The van der Waals surface area contributed by atoms with Gasteiger partial charge in [-0.25, -0.2) is 13.1 Å². The van der Waals surface area contributed by atoms with Gasteiger partial charge in [-0.05, 0) is 43.4 Å². The van der Waals surface area contributed by atoms with Gasteiger partial charge in [0.1, 0.15) is 0 Å². The maximum Gasteiger partial charge on any atom is 0.240 e. The topological polar surface area (TPSA) is 66.4 Å². The highest BCUT2D eigenvalue weighted by atomic mass is 32.2. The first-order chi connectivity index (χ1) is 11.8. The third kappa shape index (κ3) is 5.66. The SMILES string of the molecule is Cc1ccc(S(=O)(=O)NC(CCc2ccccc2)C(O)C(C)C)cc1. The lowest BCUT2D eigenvalue weighted by molar-refractivity contribution is 0.0885. The average molecular weight is 362 g/mol. The van der Waals surface area contributed by atoms with Gasteiger partial charge in [-0.3, -0.25) is 0 Å². The molecule has 0 saturated carbocycles. The van der Waals surface area contributed by atoms with E-state index in [4.69, 9.17) is 0 Å². The molecule has 0 fully saturated rings. The first-order valence-electron chi connectivity index (χ1n) is 8.60. The first kappa shape index (κ1) is 19.6. The summed E-state index contributed by atoms with van der Waals surface area (Å²) in [4.78, 5) is 0.221. The normalized spacial score (nSPS) is 14.4. The first-order valence-corrected chi connectivity index (χ1v) is 10.1. The molecule has 0 aliphatic heterocycles. The van der Waals surface area contributed by atoms with Crippen molar-refractivity contribution >= 4 is 10.0 Å². The van der Waals surface area contributed by atoms with Gasteiger partial charge in [0.25, 0.3) is 0 Å². The molecule has 25 heavy (non-hydrogen) atoms. The van der Waals surface area contributed by atoms with Crippen LogP contribution >= 0.6 is 0 Å². The summed E-state index contributed by atoms with van der Waals surface area (Å²) in [6, 6.07) is 16.1. The van der Waals surface area contributed by atoms with Crippen LogP contribution in [0.1, 0.15) is 31.4 Å². The number of aliphatic hydroxyl groups excluding tert-OH is 1. The Bertz CT molecular complexity index is 755. The molecule has 0 heterocycles. The second kappa shape index (κ2) is 8.61. The molecule has 2 atom stereocenters. The third-order valence-electron chi connectivity index (χ3n) is 4.32. The van der Waals surface area contributed by atoms with Crippen molar-refractivity contribution in [2.24, 2.45) is 5.92 Å². The van der Waals surface area contributed by atoms with E-state index in [1.54, 1.807) is 24.3 Å². The lowest BCUT2D eigenvalue weighted by atomic mass is 9.95. The summed E-state index contributed by atoms with van der Waals surface area (Å²) < 4.78 is 28.0. The largest absolute Gasteiger partial charge is 0.391 e. The molecule has 0 radical (unpaired) electrons. The fraction of sp³-hybridized carbons (Fsp3) is 0.400. The van der Waals surface area contributed by atoms with Crippen LogP contribution in [-0.2, 0) is 16.4 Å². The van der Waals surface area contributed by atoms with Crippen LogP contribution in [0.25, 0.3) is 0 Å². The molecule has 0 saturated heterocycles. The van der Waals surface area contributed by atoms with E-state index < -0.39 is 22.2 Å². The van der Waals surface area contributed by atoms with Gasteiger partial charge in [0, 0.05) is 6.04 Å². The summed E-state index contributed by atoms with van der Waals surface area (Å²) in [7, 11) is -3.67. The molecule has 0 amide bonds. The van der Waals surface area contributed by atoms with Gasteiger partial charge < -0.3 is 5.11 Å². The van der Waals surface area contributed by atoms with Crippen molar-refractivity contribution in [2.75, 3.05) is 0 Å². The Balaban J connectivity index is 2.16. The van der Waals surface area contributed by atoms with Crippen molar-refractivity contribution in [3.05, 3.63) is 65.7 Å². The van der Waals surface area contributed by atoms with E-state index in [-0.39, 0.29) is 10.8 Å². The Hall–Kier alpha value is -1.69. The molecule has 2 aromatic rings. The van der Waals surface area contributed by atoms with Crippen LogP contribution in [0.4, 0.5) is 0 Å². The van der Waals surface area contributed by atoms with Gasteiger partial charge in [0.15, 0.2) is 0 Å². The highest BCUT2D eigenvalue weighted by Gasteiger charge is 2.27. The Morgan fingerprint density at radius 1 is 1.00 bits per heavy atom. The molecule has 2 rings (SSSR count). The van der Waals surface area contributed by atoms with Crippen molar-refractivity contribution in [1.29, 1.82) is 0 Å². The number of rotatable bonds is 8. The summed E-state index contributed by atoms with van der Waals surface area (Å²) >= 11 is 0. The number of aryl methyl sites for hydroxylation is 2. The number of aliphatic hydroxyl groups is 1. The number of benzene rings is 2. The molecule has 0 spiro atoms. The Morgan fingerprint density at radius 2 is 1.60 bits per heavy atom. The third-order valence-corrected chi connectivity index (χ3v) is 5.83. The fourth-order valence-corrected chi connectivity index (χ4v) is 4.00. The van der Waals surface area contributed by atoms with Crippen molar-refractivity contribution in [3.8, 4) is 0 Å². The van der Waals surface area contributed by atoms with Gasteiger partial charge in [-0.1, -0.05) is 61.9 Å². The standard InChI is InChI=1S/C20H27NO3S/c1-15(2)20(22)19(14-11-17-7-5-4-6-8-17)21-25(23,24)18-12-9-16(3)10-13-18/h4-10,12-13,15,19-22H,11,14H2,1-3H3. The number of hydrogen-bond acceptors (Lipinski definition) is 3. The maximum atomic E-state index is 12.7. The smallest absolute Gasteiger partial charge is 0.240 e. The fourth-order valence-electron chi connectivity index (χ4n) is 2.72.